The van der Waals surface area contributed by atoms with Crippen LogP contribution in [0.4, 0.5) is 5.82 Å². The third kappa shape index (κ3) is 3.30. The summed E-state index contributed by atoms with van der Waals surface area (Å²) in [5.74, 6) is 1.96. The fraction of sp³-hybridized carbons (Fsp3) is 0.565. The molecule has 1 atom stereocenters. The number of amides is 1. The number of hydrogen-bond acceptors (Lipinski definition) is 5. The minimum atomic E-state index is -0.0301. The zero-order chi connectivity index (χ0) is 20.7. The molecule has 1 N–H and O–H groups in total. The highest BCUT2D eigenvalue weighted by Gasteiger charge is 2.45. The zero-order valence-corrected chi connectivity index (χ0v) is 17.6. The van der Waals surface area contributed by atoms with E-state index in [1.165, 1.54) is 0 Å². The number of aromatic amines is 1. The Morgan fingerprint density at radius 2 is 2.03 bits per heavy atom. The van der Waals surface area contributed by atoms with E-state index in [9.17, 15) is 9.59 Å². The Morgan fingerprint density at radius 1 is 1.20 bits per heavy atom. The van der Waals surface area contributed by atoms with Crippen LogP contribution >= 0.6 is 0 Å². The van der Waals surface area contributed by atoms with Crippen LogP contribution in [0.2, 0.25) is 0 Å². The van der Waals surface area contributed by atoms with Crippen LogP contribution in [0.25, 0.3) is 0 Å². The monoisotopic (exact) mass is 407 g/mol. The third-order valence-corrected chi connectivity index (χ3v) is 7.27. The van der Waals surface area contributed by atoms with Gasteiger partial charge in [0.2, 0.25) is 5.91 Å². The van der Waals surface area contributed by atoms with Gasteiger partial charge in [-0.2, -0.15) is 0 Å². The molecule has 0 saturated carbocycles. The number of likely N-dealkylation sites (tertiary alicyclic amines) is 1. The number of nitrogens with zero attached hydrogens (tertiary/aromatic N) is 4. The van der Waals surface area contributed by atoms with Crippen LogP contribution in [-0.2, 0) is 16.6 Å². The van der Waals surface area contributed by atoms with Gasteiger partial charge in [-0.3, -0.25) is 9.59 Å². The number of carbonyl (C=O) groups excluding carboxylic acids is 1. The molecule has 5 rings (SSSR count). The number of aromatic nitrogens is 3. The summed E-state index contributed by atoms with van der Waals surface area (Å²) in [6.45, 7) is 5.07. The first kappa shape index (κ1) is 19.3. The lowest BCUT2D eigenvalue weighted by molar-refractivity contribution is -0.137. The Bertz CT molecular complexity index is 994. The number of piperidine rings is 2. The van der Waals surface area contributed by atoms with Crippen molar-refractivity contribution < 1.29 is 4.79 Å². The van der Waals surface area contributed by atoms with Crippen molar-refractivity contribution in [3.8, 4) is 0 Å². The van der Waals surface area contributed by atoms with Crippen molar-refractivity contribution in [3.05, 3.63) is 51.8 Å². The van der Waals surface area contributed by atoms with Gasteiger partial charge >= 0.3 is 0 Å². The first-order chi connectivity index (χ1) is 14.6. The molecule has 1 aliphatic carbocycles. The van der Waals surface area contributed by atoms with E-state index in [1.54, 1.807) is 0 Å². The van der Waals surface area contributed by atoms with E-state index >= 15 is 0 Å². The van der Waals surface area contributed by atoms with Crippen molar-refractivity contribution >= 4 is 11.7 Å². The fourth-order valence-corrected chi connectivity index (χ4v) is 5.59. The van der Waals surface area contributed by atoms with E-state index in [-0.39, 0.29) is 22.8 Å². The molecule has 0 bridgehead atoms. The molecular weight excluding hydrogens is 378 g/mol. The minimum Gasteiger partial charge on any atom is -0.356 e. The summed E-state index contributed by atoms with van der Waals surface area (Å²) in [5, 5.41) is 0. The van der Waals surface area contributed by atoms with Crippen molar-refractivity contribution in [1.29, 1.82) is 0 Å². The molecule has 0 aromatic carbocycles. The molecule has 4 heterocycles. The first-order valence-corrected chi connectivity index (χ1v) is 11.1. The second-order valence-corrected chi connectivity index (χ2v) is 9.06. The molecule has 2 aromatic heterocycles. The average Bonchev–Trinajstić information content (AvgIpc) is 3.12. The normalized spacial score (nSPS) is 22.9. The van der Waals surface area contributed by atoms with Crippen molar-refractivity contribution in [1.82, 2.24) is 19.9 Å². The topological polar surface area (TPSA) is 82.2 Å². The summed E-state index contributed by atoms with van der Waals surface area (Å²) in [4.78, 5) is 41.9. The lowest BCUT2D eigenvalue weighted by atomic mass is 9.76. The van der Waals surface area contributed by atoms with Crippen molar-refractivity contribution in [2.45, 2.75) is 50.9 Å². The molecule has 2 fully saturated rings. The van der Waals surface area contributed by atoms with Gasteiger partial charge in [-0.1, -0.05) is 6.07 Å². The highest BCUT2D eigenvalue weighted by atomic mass is 16.2. The second-order valence-electron chi connectivity index (χ2n) is 9.06. The largest absolute Gasteiger partial charge is 0.356 e. The summed E-state index contributed by atoms with van der Waals surface area (Å²) in [6.07, 6.45) is 7.35. The van der Waals surface area contributed by atoms with Gasteiger partial charge < -0.3 is 14.8 Å². The Hall–Kier alpha value is -2.70. The maximum atomic E-state index is 13.3. The van der Waals surface area contributed by atoms with Crippen LogP contribution in [0.1, 0.15) is 49.2 Å². The van der Waals surface area contributed by atoms with Gasteiger partial charge in [0, 0.05) is 43.4 Å². The van der Waals surface area contributed by atoms with E-state index in [0.29, 0.717) is 5.82 Å². The van der Waals surface area contributed by atoms with Crippen LogP contribution in [0.5, 0.6) is 0 Å². The molecule has 30 heavy (non-hydrogen) atoms. The molecule has 0 radical (unpaired) electrons. The molecule has 2 aliphatic heterocycles. The summed E-state index contributed by atoms with van der Waals surface area (Å²) >= 11 is 0. The standard InChI is InChI=1S/C23H29N5O2/c1-16-25-20-18(21(29)26-16)7-8-23(20)9-13-27(14-10-23)22(30)17-5-4-12-28(15-17)19-6-2-3-11-24-19/h2-3,6,11,17H,4-5,7-10,12-15H2,1H3,(H,25,26,29). The number of nitrogens with one attached hydrogen (secondary N) is 1. The SMILES string of the molecule is Cc1nc2c(c(=O)[nH]1)CCC21CCN(C(=O)C2CCCN(c3ccccn3)C2)CC1. The van der Waals surface area contributed by atoms with Crippen LogP contribution in [0, 0.1) is 12.8 Å². The van der Waals surface area contributed by atoms with Crippen LogP contribution in [0.15, 0.2) is 29.2 Å². The molecule has 1 unspecified atom stereocenters. The number of aryl methyl sites for hydroxylation is 1. The molecule has 158 valence electrons. The third-order valence-electron chi connectivity index (χ3n) is 7.27. The Kier molecular flexibility index (Phi) is 4.83. The van der Waals surface area contributed by atoms with Crippen LogP contribution in [0.3, 0.4) is 0 Å². The summed E-state index contributed by atoms with van der Waals surface area (Å²) in [7, 11) is 0. The van der Waals surface area contributed by atoms with Crippen molar-refractivity contribution in [2.24, 2.45) is 5.92 Å². The fourth-order valence-electron chi connectivity index (χ4n) is 5.59. The van der Waals surface area contributed by atoms with Gasteiger partial charge in [0.25, 0.3) is 5.56 Å². The number of H-pyrrole nitrogens is 1. The van der Waals surface area contributed by atoms with E-state index in [2.05, 4.69) is 19.8 Å². The Morgan fingerprint density at radius 3 is 2.80 bits per heavy atom. The predicted molar refractivity (Wildman–Crippen MR) is 115 cm³/mol. The maximum absolute atomic E-state index is 13.3. The second kappa shape index (κ2) is 7.52. The molecule has 2 saturated heterocycles. The molecule has 7 nitrogen and oxygen atoms in total. The first-order valence-electron chi connectivity index (χ1n) is 11.1. The zero-order valence-electron chi connectivity index (χ0n) is 17.6. The molecule has 7 heteroatoms. The lowest BCUT2D eigenvalue weighted by Crippen LogP contribution is -2.50. The van der Waals surface area contributed by atoms with Gasteiger partial charge in [-0.05, 0) is 57.6 Å². The highest BCUT2D eigenvalue weighted by Crippen LogP contribution is 2.44. The summed E-state index contributed by atoms with van der Waals surface area (Å²) < 4.78 is 0. The maximum Gasteiger partial charge on any atom is 0.254 e. The molecular formula is C23H29N5O2. The number of rotatable bonds is 2. The number of anilines is 1. The van der Waals surface area contributed by atoms with Gasteiger partial charge in [-0.15, -0.1) is 0 Å². The van der Waals surface area contributed by atoms with Crippen molar-refractivity contribution in [3.63, 3.8) is 0 Å². The summed E-state index contributed by atoms with van der Waals surface area (Å²) in [5.41, 5.74) is 1.84. The Labute approximate surface area is 176 Å². The highest BCUT2D eigenvalue weighted by molar-refractivity contribution is 5.80. The van der Waals surface area contributed by atoms with Gasteiger partial charge in [0.1, 0.15) is 11.6 Å². The van der Waals surface area contributed by atoms with Gasteiger partial charge in [0.05, 0.1) is 11.6 Å². The molecule has 1 spiro atoms. The number of hydrogen-bond donors (Lipinski definition) is 1. The smallest absolute Gasteiger partial charge is 0.254 e. The minimum absolute atomic E-state index is 0.0182. The van der Waals surface area contributed by atoms with Crippen molar-refractivity contribution in [2.75, 3.05) is 31.1 Å². The quantitative estimate of drug-likeness (QED) is 0.825. The Balaban J connectivity index is 1.27. The van der Waals surface area contributed by atoms with Crippen LogP contribution < -0.4 is 10.5 Å². The van der Waals surface area contributed by atoms with E-state index in [4.69, 9.17) is 4.98 Å². The number of pyridine rings is 1. The molecule has 3 aliphatic rings. The molecule has 1 amide bonds. The predicted octanol–water partition coefficient (Wildman–Crippen LogP) is 2.20. The van der Waals surface area contributed by atoms with E-state index < -0.39 is 0 Å². The van der Waals surface area contributed by atoms with Gasteiger partial charge in [-0.25, -0.2) is 9.97 Å². The van der Waals surface area contributed by atoms with E-state index in [1.807, 2.05) is 31.3 Å². The lowest BCUT2D eigenvalue weighted by Gasteiger charge is -2.42. The number of fused-ring (bicyclic) bond motifs is 2. The van der Waals surface area contributed by atoms with Crippen LogP contribution in [-0.4, -0.2) is 51.9 Å². The van der Waals surface area contributed by atoms with E-state index in [0.717, 1.165) is 81.8 Å². The molecule has 2 aromatic rings. The summed E-state index contributed by atoms with van der Waals surface area (Å²) in [6, 6.07) is 5.94. The number of carbonyl (C=O) groups is 1. The van der Waals surface area contributed by atoms with Gasteiger partial charge in [0.15, 0.2) is 0 Å². The average molecular weight is 408 g/mol.